The van der Waals surface area contributed by atoms with Crippen molar-refractivity contribution >= 4 is 17.4 Å². The Morgan fingerprint density at radius 3 is 2.57 bits per heavy atom. The Hall–Kier alpha value is -3.34. The number of aliphatic carboxylic acids is 1. The number of rotatable bonds is 3. The zero-order valence-corrected chi connectivity index (χ0v) is 16.1. The van der Waals surface area contributed by atoms with Gasteiger partial charge in [-0.25, -0.2) is 14.8 Å². The molecule has 0 radical (unpaired) electrons. The van der Waals surface area contributed by atoms with Gasteiger partial charge >= 0.3 is 12.1 Å². The molecule has 0 atom stereocenters. The molecule has 4 rings (SSSR count). The van der Waals surface area contributed by atoms with Crippen molar-refractivity contribution in [2.45, 2.75) is 6.18 Å². The van der Waals surface area contributed by atoms with Crippen molar-refractivity contribution in [2.24, 2.45) is 0 Å². The summed E-state index contributed by atoms with van der Waals surface area (Å²) in [6.45, 7) is 3.86. The van der Waals surface area contributed by atoms with Gasteiger partial charge in [0.1, 0.15) is 5.75 Å². The highest BCUT2D eigenvalue weighted by Crippen LogP contribution is 2.27. The Morgan fingerprint density at radius 1 is 1.23 bits per heavy atom. The van der Waals surface area contributed by atoms with Gasteiger partial charge in [-0.3, -0.25) is 4.40 Å². The van der Waals surface area contributed by atoms with Crippen molar-refractivity contribution < 1.29 is 27.8 Å². The highest BCUT2D eigenvalue weighted by atomic mass is 19.4. The number of benzene rings is 1. The number of anilines is 1. The Labute approximate surface area is 169 Å². The molecule has 3 heterocycles. The van der Waals surface area contributed by atoms with Crippen molar-refractivity contribution in [1.29, 1.82) is 0 Å². The van der Waals surface area contributed by atoms with Gasteiger partial charge in [-0.1, -0.05) is 12.1 Å². The molecule has 2 N–H and O–H groups in total. The number of hydrogen-bond donors (Lipinski definition) is 2. The predicted octanol–water partition coefficient (Wildman–Crippen LogP) is 2.45. The summed E-state index contributed by atoms with van der Waals surface area (Å²) in [6.07, 6.45) is 0.621. The van der Waals surface area contributed by atoms with Crippen LogP contribution in [0.1, 0.15) is 0 Å². The van der Waals surface area contributed by atoms with E-state index in [0.29, 0.717) is 0 Å². The first kappa shape index (κ1) is 21.4. The summed E-state index contributed by atoms with van der Waals surface area (Å²) in [5.74, 6) is -0.968. The number of methoxy groups -OCH3 is 1. The minimum Gasteiger partial charge on any atom is -0.497 e. The molecule has 0 amide bonds. The molecule has 0 saturated carbocycles. The highest BCUT2D eigenvalue weighted by molar-refractivity contribution is 5.73. The molecule has 1 aliphatic rings. The quantitative estimate of drug-likeness (QED) is 0.669. The number of aromatic nitrogens is 3. The maximum Gasteiger partial charge on any atom is 0.490 e. The van der Waals surface area contributed by atoms with Gasteiger partial charge in [-0.05, 0) is 12.1 Å². The van der Waals surface area contributed by atoms with Gasteiger partial charge in [-0.2, -0.15) is 13.2 Å². The maximum atomic E-state index is 10.6. The minimum absolute atomic E-state index is 0.842. The van der Waals surface area contributed by atoms with Crippen LogP contribution in [0.25, 0.3) is 16.9 Å². The van der Waals surface area contributed by atoms with Gasteiger partial charge < -0.3 is 20.1 Å². The summed E-state index contributed by atoms with van der Waals surface area (Å²) >= 11 is 0. The molecule has 0 bridgehead atoms. The first-order valence-corrected chi connectivity index (χ1v) is 9.03. The van der Waals surface area contributed by atoms with Gasteiger partial charge in [-0.15, -0.1) is 0 Å². The van der Waals surface area contributed by atoms with Crippen LogP contribution in [-0.4, -0.2) is 64.9 Å². The fourth-order valence-corrected chi connectivity index (χ4v) is 3.00. The summed E-state index contributed by atoms with van der Waals surface area (Å²) < 4.78 is 39.2. The summed E-state index contributed by atoms with van der Waals surface area (Å²) in [5, 5.41) is 10.5. The smallest absolute Gasteiger partial charge is 0.490 e. The molecular weight excluding hydrogens is 403 g/mol. The fourth-order valence-electron chi connectivity index (χ4n) is 3.00. The lowest BCUT2D eigenvalue weighted by atomic mass is 10.1. The molecular formula is C19H20F3N5O3. The fraction of sp³-hybridized carbons (Fsp3) is 0.316. The number of carbonyl (C=O) groups is 1. The molecule has 3 aromatic rings. The van der Waals surface area contributed by atoms with Crippen LogP contribution < -0.4 is 15.0 Å². The van der Waals surface area contributed by atoms with E-state index in [2.05, 4.69) is 30.7 Å². The first-order valence-electron chi connectivity index (χ1n) is 9.03. The average Bonchev–Trinajstić information content (AvgIpc) is 3.18. The highest BCUT2D eigenvalue weighted by Gasteiger charge is 2.38. The molecule has 11 heteroatoms. The lowest BCUT2D eigenvalue weighted by Gasteiger charge is -2.28. The van der Waals surface area contributed by atoms with E-state index in [1.54, 1.807) is 7.11 Å². The molecule has 8 nitrogen and oxygen atoms in total. The number of alkyl halides is 3. The van der Waals surface area contributed by atoms with Crippen LogP contribution in [-0.2, 0) is 4.79 Å². The summed E-state index contributed by atoms with van der Waals surface area (Å²) in [4.78, 5) is 20.4. The molecule has 0 aliphatic carbocycles. The number of hydrogen-bond acceptors (Lipinski definition) is 6. The minimum atomic E-state index is -5.08. The molecule has 1 aliphatic heterocycles. The molecule has 160 valence electrons. The molecule has 1 saturated heterocycles. The molecule has 0 spiro atoms. The summed E-state index contributed by atoms with van der Waals surface area (Å²) in [5.41, 5.74) is 3.01. The van der Waals surface area contributed by atoms with E-state index in [-0.39, 0.29) is 0 Å². The van der Waals surface area contributed by atoms with E-state index in [4.69, 9.17) is 14.6 Å². The van der Waals surface area contributed by atoms with Crippen LogP contribution in [0.15, 0.2) is 42.9 Å². The van der Waals surface area contributed by atoms with Gasteiger partial charge in [0.25, 0.3) is 0 Å². The lowest BCUT2D eigenvalue weighted by molar-refractivity contribution is -0.192. The Morgan fingerprint density at radius 2 is 1.93 bits per heavy atom. The Balaban J connectivity index is 0.000000318. The van der Waals surface area contributed by atoms with Gasteiger partial charge in [0, 0.05) is 44.1 Å². The van der Waals surface area contributed by atoms with Crippen LogP contribution in [0.4, 0.5) is 19.0 Å². The van der Waals surface area contributed by atoms with Crippen LogP contribution in [0.3, 0.4) is 0 Å². The average molecular weight is 423 g/mol. The normalized spacial score (nSPS) is 14.2. The van der Waals surface area contributed by atoms with E-state index in [1.807, 2.05) is 36.8 Å². The predicted molar refractivity (Wildman–Crippen MR) is 104 cm³/mol. The van der Waals surface area contributed by atoms with Crippen molar-refractivity contribution in [2.75, 3.05) is 38.2 Å². The second-order valence-corrected chi connectivity index (χ2v) is 6.36. The van der Waals surface area contributed by atoms with Gasteiger partial charge in [0.05, 0.1) is 19.0 Å². The van der Waals surface area contributed by atoms with E-state index >= 15 is 0 Å². The van der Waals surface area contributed by atoms with Gasteiger partial charge in [0.2, 0.25) is 0 Å². The molecule has 0 unspecified atom stereocenters. The summed E-state index contributed by atoms with van der Waals surface area (Å²) in [6, 6.07) is 8.03. The number of piperazine rings is 1. The van der Waals surface area contributed by atoms with Gasteiger partial charge in [0.15, 0.2) is 11.5 Å². The SMILES string of the molecule is COc1cccc(-c2cnc3c(N4CCNCC4)nccn23)c1.O=C(O)C(F)(F)F. The number of nitrogens with zero attached hydrogens (tertiary/aromatic N) is 4. The topological polar surface area (TPSA) is 92.0 Å². The third-order valence-corrected chi connectivity index (χ3v) is 4.43. The van der Waals surface area contributed by atoms with Crippen LogP contribution >= 0.6 is 0 Å². The number of imidazole rings is 1. The Kier molecular flexibility index (Phi) is 6.40. The monoisotopic (exact) mass is 423 g/mol. The number of carboxylic acid groups (broad SMARTS) is 1. The van der Waals surface area contributed by atoms with Crippen LogP contribution in [0.2, 0.25) is 0 Å². The van der Waals surface area contributed by atoms with Crippen LogP contribution in [0, 0.1) is 0 Å². The third kappa shape index (κ3) is 4.79. The number of nitrogens with one attached hydrogen (secondary N) is 1. The zero-order valence-electron chi connectivity index (χ0n) is 16.1. The van der Waals surface area contributed by atoms with Crippen molar-refractivity contribution in [3.63, 3.8) is 0 Å². The first-order chi connectivity index (χ1) is 14.3. The second-order valence-electron chi connectivity index (χ2n) is 6.36. The summed E-state index contributed by atoms with van der Waals surface area (Å²) in [7, 11) is 1.68. The number of carboxylic acids is 1. The van der Waals surface area contributed by atoms with Crippen molar-refractivity contribution in [3.8, 4) is 17.0 Å². The standard InChI is InChI=1S/C17H19N5O.C2HF3O2/c1-23-14-4-2-3-13(11-14)15-12-20-17-16(19-7-10-22(15)17)21-8-5-18-6-9-21;3-2(4,5)1(6)7/h2-4,7,10-12,18H,5-6,8-9H2,1H3;(H,6,7). The number of halogens is 3. The maximum absolute atomic E-state index is 10.6. The van der Waals surface area contributed by atoms with E-state index in [0.717, 1.165) is 54.7 Å². The lowest BCUT2D eigenvalue weighted by Crippen LogP contribution is -2.44. The number of fused-ring (bicyclic) bond motifs is 1. The van der Waals surface area contributed by atoms with E-state index < -0.39 is 12.1 Å². The molecule has 2 aromatic heterocycles. The number of ether oxygens (including phenoxy) is 1. The zero-order chi connectivity index (χ0) is 21.7. The van der Waals surface area contributed by atoms with Crippen molar-refractivity contribution in [3.05, 3.63) is 42.9 Å². The third-order valence-electron chi connectivity index (χ3n) is 4.43. The largest absolute Gasteiger partial charge is 0.497 e. The van der Waals surface area contributed by atoms with E-state index in [1.165, 1.54) is 0 Å². The molecule has 30 heavy (non-hydrogen) atoms. The van der Waals surface area contributed by atoms with Crippen molar-refractivity contribution in [1.82, 2.24) is 19.7 Å². The molecule has 1 aromatic carbocycles. The molecule has 1 fully saturated rings. The van der Waals surface area contributed by atoms with Crippen LogP contribution in [0.5, 0.6) is 5.75 Å². The second kappa shape index (κ2) is 8.99. The van der Waals surface area contributed by atoms with E-state index in [9.17, 15) is 13.2 Å². The Bertz CT molecular complexity index is 1020.